The third-order valence-corrected chi connectivity index (χ3v) is 3.10. The minimum atomic E-state index is -4.12. The molecule has 3 nitrogen and oxygen atoms in total. The van der Waals surface area contributed by atoms with Crippen LogP contribution in [0.25, 0.3) is 5.69 Å². The molecule has 0 radical (unpaired) electrons. The van der Waals surface area contributed by atoms with Gasteiger partial charge in [0.25, 0.3) is 0 Å². The SMILES string of the molecule is C[C@H](CC(F)(F)F)NCCc1cnn(-c2ccccc2)c1. The summed E-state index contributed by atoms with van der Waals surface area (Å²) in [5.74, 6) is 0. The quantitative estimate of drug-likeness (QED) is 0.886. The second kappa shape index (κ2) is 6.76. The van der Waals surface area contributed by atoms with Crippen molar-refractivity contribution in [1.29, 1.82) is 0 Å². The van der Waals surface area contributed by atoms with Gasteiger partial charge in [0.2, 0.25) is 0 Å². The summed E-state index contributed by atoms with van der Waals surface area (Å²) in [6.07, 6.45) is -0.648. The maximum Gasteiger partial charge on any atom is 0.390 e. The normalized spacial score (nSPS) is 13.3. The highest BCUT2D eigenvalue weighted by Gasteiger charge is 2.29. The number of hydrogen-bond acceptors (Lipinski definition) is 2. The number of rotatable bonds is 6. The van der Waals surface area contributed by atoms with Crippen molar-refractivity contribution in [2.45, 2.75) is 32.0 Å². The Kier molecular flexibility index (Phi) is 5.01. The van der Waals surface area contributed by atoms with Crippen molar-refractivity contribution in [2.24, 2.45) is 0 Å². The van der Waals surface area contributed by atoms with E-state index in [1.165, 1.54) is 0 Å². The Hall–Kier alpha value is -1.82. The maximum absolute atomic E-state index is 12.2. The van der Waals surface area contributed by atoms with Crippen LogP contribution in [0.5, 0.6) is 0 Å². The van der Waals surface area contributed by atoms with E-state index in [9.17, 15) is 13.2 Å². The predicted octanol–water partition coefficient (Wildman–Crippen LogP) is 3.35. The van der Waals surface area contributed by atoms with Crippen molar-refractivity contribution < 1.29 is 13.2 Å². The molecule has 1 aromatic carbocycles. The average Bonchev–Trinajstić information content (AvgIpc) is 2.86. The van der Waals surface area contributed by atoms with Crippen molar-refractivity contribution >= 4 is 0 Å². The molecule has 114 valence electrons. The first kappa shape index (κ1) is 15.6. The van der Waals surface area contributed by atoms with Gasteiger partial charge in [-0.15, -0.1) is 0 Å². The summed E-state index contributed by atoms with van der Waals surface area (Å²) in [6, 6.07) is 9.10. The lowest BCUT2D eigenvalue weighted by Gasteiger charge is -2.15. The Labute approximate surface area is 121 Å². The zero-order chi connectivity index (χ0) is 15.3. The van der Waals surface area contributed by atoms with E-state index in [0.29, 0.717) is 13.0 Å². The number of nitrogens with zero attached hydrogens (tertiary/aromatic N) is 2. The lowest BCUT2D eigenvalue weighted by molar-refractivity contribution is -0.138. The van der Waals surface area contributed by atoms with E-state index in [1.54, 1.807) is 17.8 Å². The van der Waals surface area contributed by atoms with E-state index in [4.69, 9.17) is 0 Å². The molecule has 0 amide bonds. The van der Waals surface area contributed by atoms with E-state index in [0.717, 1.165) is 11.3 Å². The number of nitrogens with one attached hydrogen (secondary N) is 1. The molecule has 0 aliphatic rings. The van der Waals surface area contributed by atoms with Gasteiger partial charge in [-0.3, -0.25) is 0 Å². The van der Waals surface area contributed by atoms with E-state index >= 15 is 0 Å². The molecule has 1 N–H and O–H groups in total. The van der Waals surface area contributed by atoms with Crippen LogP contribution in [0, 0.1) is 0 Å². The summed E-state index contributed by atoms with van der Waals surface area (Å²) < 4.78 is 38.3. The van der Waals surface area contributed by atoms with E-state index in [1.807, 2.05) is 36.5 Å². The predicted molar refractivity (Wildman–Crippen MR) is 75.4 cm³/mol. The highest BCUT2D eigenvalue weighted by atomic mass is 19.4. The zero-order valence-corrected chi connectivity index (χ0v) is 11.8. The molecule has 0 bridgehead atoms. The molecule has 1 aromatic heterocycles. The molecule has 1 atom stereocenters. The molecular formula is C15H18F3N3. The van der Waals surface area contributed by atoms with Gasteiger partial charge in [0.05, 0.1) is 18.3 Å². The van der Waals surface area contributed by atoms with Crippen LogP contribution in [-0.2, 0) is 6.42 Å². The topological polar surface area (TPSA) is 29.9 Å². The number of halogens is 3. The molecule has 2 rings (SSSR count). The largest absolute Gasteiger partial charge is 0.390 e. The van der Waals surface area contributed by atoms with Crippen molar-refractivity contribution in [3.8, 4) is 5.69 Å². The molecule has 1 heterocycles. The van der Waals surface area contributed by atoms with Gasteiger partial charge < -0.3 is 5.32 Å². The molecule has 0 unspecified atom stereocenters. The van der Waals surface area contributed by atoms with Gasteiger partial charge in [0.1, 0.15) is 0 Å². The molecular weight excluding hydrogens is 279 g/mol. The monoisotopic (exact) mass is 297 g/mol. The Morgan fingerprint density at radius 2 is 1.95 bits per heavy atom. The fourth-order valence-corrected chi connectivity index (χ4v) is 2.09. The van der Waals surface area contributed by atoms with Crippen LogP contribution < -0.4 is 5.32 Å². The number of aromatic nitrogens is 2. The van der Waals surface area contributed by atoms with Crippen LogP contribution in [0.4, 0.5) is 13.2 Å². The van der Waals surface area contributed by atoms with Crippen LogP contribution >= 0.6 is 0 Å². The van der Waals surface area contributed by atoms with Crippen LogP contribution in [0.15, 0.2) is 42.7 Å². The molecule has 0 fully saturated rings. The fraction of sp³-hybridized carbons (Fsp3) is 0.400. The van der Waals surface area contributed by atoms with Gasteiger partial charge in [-0.1, -0.05) is 18.2 Å². The highest BCUT2D eigenvalue weighted by molar-refractivity contribution is 5.30. The summed E-state index contributed by atoms with van der Waals surface area (Å²) >= 11 is 0. The standard InChI is InChI=1S/C15H18F3N3/c1-12(9-15(16,17)18)19-8-7-13-10-20-21(11-13)14-5-3-2-4-6-14/h2-6,10-12,19H,7-9H2,1H3/t12-/m1/s1. The fourth-order valence-electron chi connectivity index (χ4n) is 2.09. The summed E-state index contributed by atoms with van der Waals surface area (Å²) in [6.45, 7) is 2.04. The van der Waals surface area contributed by atoms with Gasteiger partial charge in [-0.2, -0.15) is 18.3 Å². The summed E-state index contributed by atoms with van der Waals surface area (Å²) in [4.78, 5) is 0. The molecule has 6 heteroatoms. The Morgan fingerprint density at radius 1 is 1.24 bits per heavy atom. The first-order valence-corrected chi connectivity index (χ1v) is 6.83. The van der Waals surface area contributed by atoms with Gasteiger partial charge in [0.15, 0.2) is 0 Å². The Balaban J connectivity index is 1.81. The molecule has 21 heavy (non-hydrogen) atoms. The van der Waals surface area contributed by atoms with Crippen molar-refractivity contribution in [2.75, 3.05) is 6.54 Å². The summed E-state index contributed by atoms with van der Waals surface area (Å²) in [5.41, 5.74) is 1.95. The van der Waals surface area contributed by atoms with E-state index in [-0.39, 0.29) is 0 Å². The number of hydrogen-bond donors (Lipinski definition) is 1. The summed E-state index contributed by atoms with van der Waals surface area (Å²) in [7, 11) is 0. The van der Waals surface area contributed by atoms with Crippen LogP contribution in [0.1, 0.15) is 18.9 Å². The van der Waals surface area contributed by atoms with Gasteiger partial charge in [0, 0.05) is 12.2 Å². The van der Waals surface area contributed by atoms with Gasteiger partial charge >= 0.3 is 6.18 Å². The van der Waals surface area contributed by atoms with E-state index < -0.39 is 18.6 Å². The second-order valence-corrected chi connectivity index (χ2v) is 5.05. The van der Waals surface area contributed by atoms with Gasteiger partial charge in [-0.05, 0) is 37.6 Å². The Bertz CT molecular complexity index is 549. The van der Waals surface area contributed by atoms with E-state index in [2.05, 4.69) is 10.4 Å². The van der Waals surface area contributed by atoms with Crippen molar-refractivity contribution in [1.82, 2.24) is 15.1 Å². The van der Waals surface area contributed by atoms with Crippen LogP contribution in [-0.4, -0.2) is 28.5 Å². The van der Waals surface area contributed by atoms with Crippen molar-refractivity contribution in [3.05, 3.63) is 48.3 Å². The second-order valence-electron chi connectivity index (χ2n) is 5.05. The van der Waals surface area contributed by atoms with Crippen molar-refractivity contribution in [3.63, 3.8) is 0 Å². The van der Waals surface area contributed by atoms with Crippen LogP contribution in [0.3, 0.4) is 0 Å². The minimum Gasteiger partial charge on any atom is -0.314 e. The lowest BCUT2D eigenvalue weighted by atomic mass is 10.2. The molecule has 0 aliphatic carbocycles. The highest BCUT2D eigenvalue weighted by Crippen LogP contribution is 2.21. The number of benzene rings is 1. The maximum atomic E-state index is 12.2. The number of alkyl halides is 3. The Morgan fingerprint density at radius 3 is 2.62 bits per heavy atom. The molecule has 2 aromatic rings. The minimum absolute atomic E-state index is 0.498. The molecule has 0 spiro atoms. The number of para-hydroxylation sites is 1. The third-order valence-electron chi connectivity index (χ3n) is 3.10. The molecule has 0 aliphatic heterocycles. The third kappa shape index (κ3) is 5.23. The van der Waals surface area contributed by atoms with Gasteiger partial charge in [-0.25, -0.2) is 4.68 Å². The first-order chi connectivity index (χ1) is 9.94. The summed E-state index contributed by atoms with van der Waals surface area (Å²) in [5, 5.41) is 7.13. The smallest absolute Gasteiger partial charge is 0.314 e. The zero-order valence-electron chi connectivity index (χ0n) is 11.8. The average molecular weight is 297 g/mol. The lowest BCUT2D eigenvalue weighted by Crippen LogP contribution is -2.32. The molecule has 0 saturated carbocycles. The first-order valence-electron chi connectivity index (χ1n) is 6.83. The van der Waals surface area contributed by atoms with Crippen LogP contribution in [0.2, 0.25) is 0 Å². The molecule has 0 saturated heterocycles.